The van der Waals surface area contributed by atoms with Gasteiger partial charge in [-0.2, -0.15) is 0 Å². The third-order valence-corrected chi connectivity index (χ3v) is 12.3. The molecule has 0 spiro atoms. The fourth-order valence-electron chi connectivity index (χ4n) is 9.71. The van der Waals surface area contributed by atoms with Gasteiger partial charge >= 0.3 is 37.9 Å². The van der Waals surface area contributed by atoms with E-state index in [0.717, 1.165) is 23.7 Å². The van der Waals surface area contributed by atoms with E-state index in [2.05, 4.69) is 140 Å². The monoisotopic (exact) mass is 776 g/mol. The Kier molecular flexibility index (Phi) is 15.6. The first-order valence-corrected chi connectivity index (χ1v) is 24.7. The summed E-state index contributed by atoms with van der Waals surface area (Å²) >= 11 is -0.826. The molecule has 0 aliphatic heterocycles. The molecule has 2 aromatic rings. The SMILES string of the molecule is CCC1CC2C(c3ccc(C(C)(C)C)cc3)=CC=CC2C1CCC1C(CC)CC2C(c3ccc(C(C)(C)C)cc3)=CC=CC21.[CH3-].[CH3-].[Cl][Zr+2][Cl]. The molecule has 3 heteroatoms. The van der Waals surface area contributed by atoms with Gasteiger partial charge < -0.3 is 14.9 Å². The molecule has 4 aliphatic carbocycles. The summed E-state index contributed by atoms with van der Waals surface area (Å²) in [5.41, 5.74) is 9.33. The van der Waals surface area contributed by atoms with Gasteiger partial charge in [0.2, 0.25) is 0 Å². The molecule has 2 aromatic carbocycles. The van der Waals surface area contributed by atoms with Gasteiger partial charge in [-0.3, -0.25) is 0 Å². The number of halogens is 2. The van der Waals surface area contributed by atoms with Crippen molar-refractivity contribution in [1.29, 1.82) is 0 Å². The molecule has 2 fully saturated rings. The maximum atomic E-state index is 4.93. The van der Waals surface area contributed by atoms with Crippen LogP contribution in [-0.4, -0.2) is 0 Å². The van der Waals surface area contributed by atoms with Crippen LogP contribution in [0.2, 0.25) is 0 Å². The zero-order chi connectivity index (χ0) is 33.9. The first-order chi connectivity index (χ1) is 22.4. The van der Waals surface area contributed by atoms with Crippen molar-refractivity contribution in [1.82, 2.24) is 0 Å². The zero-order valence-corrected chi connectivity index (χ0v) is 36.2. The number of allylic oxidation sites excluding steroid dienone is 8. The number of benzene rings is 2. The van der Waals surface area contributed by atoms with E-state index in [-0.39, 0.29) is 25.7 Å². The normalized spacial score (nSPS) is 28.4. The third-order valence-electron chi connectivity index (χ3n) is 12.3. The second-order valence-electron chi connectivity index (χ2n) is 16.8. The van der Waals surface area contributed by atoms with E-state index >= 15 is 0 Å². The van der Waals surface area contributed by atoms with Crippen molar-refractivity contribution in [3.8, 4) is 0 Å². The molecule has 0 aromatic heterocycles. The van der Waals surface area contributed by atoms with Crippen LogP contribution in [-0.2, 0) is 31.7 Å². The predicted octanol–water partition coefficient (Wildman–Crippen LogP) is 14.5. The molecule has 0 heterocycles. The van der Waals surface area contributed by atoms with Crippen LogP contribution in [0, 0.1) is 62.2 Å². The van der Waals surface area contributed by atoms with Crippen molar-refractivity contribution in [2.24, 2.45) is 47.3 Å². The Bertz CT molecular complexity index is 1330. The van der Waals surface area contributed by atoms with Crippen molar-refractivity contribution < 1.29 is 20.8 Å². The standard InChI is InChI=1S/C44H58.2CH3.2ClH.Zr/c1-9-29-27-41-35(31-17-21-33(22-18-31)43(3,4)5)13-11-15-39(41)37(29)25-26-38-30(10-2)28-42-36(14-12-16-40(38)42)32-19-23-34(24-20-32)44(6,7)8;;;;;/h11-24,29-30,37-42H,9-10,25-28H2,1-8H3;2*1H3;2*1H;/q;2*-1;;;+4/p-2. The van der Waals surface area contributed by atoms with Crippen LogP contribution >= 0.6 is 17.0 Å². The molecule has 0 nitrogen and oxygen atoms in total. The second kappa shape index (κ2) is 18.1. The van der Waals surface area contributed by atoms with Gasteiger partial charge in [0.25, 0.3) is 0 Å². The maximum absolute atomic E-state index is 4.93. The average molecular weight is 779 g/mol. The molecule has 2 saturated carbocycles. The quantitative estimate of drug-likeness (QED) is 0.246. The van der Waals surface area contributed by atoms with Gasteiger partial charge in [0.1, 0.15) is 0 Å². The van der Waals surface area contributed by atoms with Crippen LogP contribution in [0.15, 0.2) is 85.0 Å². The van der Waals surface area contributed by atoms with E-state index in [1.807, 2.05) is 0 Å². The molecule has 266 valence electrons. The summed E-state index contributed by atoms with van der Waals surface area (Å²) < 4.78 is 0. The second-order valence-corrected chi connectivity index (χ2v) is 20.6. The van der Waals surface area contributed by atoms with Gasteiger partial charge in [0, 0.05) is 0 Å². The molecular weight excluding hydrogens is 715 g/mol. The van der Waals surface area contributed by atoms with Crippen molar-refractivity contribution in [3.05, 3.63) is 122 Å². The van der Waals surface area contributed by atoms with Crippen LogP contribution in [0.25, 0.3) is 11.1 Å². The van der Waals surface area contributed by atoms with Crippen LogP contribution < -0.4 is 0 Å². The summed E-state index contributed by atoms with van der Waals surface area (Å²) in [6.07, 6.45) is 23.0. The Hall–Kier alpha value is -1.14. The predicted molar refractivity (Wildman–Crippen MR) is 216 cm³/mol. The summed E-state index contributed by atoms with van der Waals surface area (Å²) in [5, 5.41) is 0. The van der Waals surface area contributed by atoms with Crippen LogP contribution in [0.1, 0.15) is 116 Å². The third kappa shape index (κ3) is 9.46. The van der Waals surface area contributed by atoms with Crippen molar-refractivity contribution in [2.75, 3.05) is 0 Å². The molecule has 0 radical (unpaired) electrons. The summed E-state index contributed by atoms with van der Waals surface area (Å²) in [4.78, 5) is 0. The zero-order valence-electron chi connectivity index (χ0n) is 32.2. The molecule has 6 rings (SSSR count). The van der Waals surface area contributed by atoms with Crippen molar-refractivity contribution in [2.45, 2.75) is 105 Å². The first-order valence-electron chi connectivity index (χ1n) is 18.4. The van der Waals surface area contributed by atoms with E-state index in [9.17, 15) is 0 Å². The van der Waals surface area contributed by atoms with E-state index in [1.54, 1.807) is 11.1 Å². The average Bonchev–Trinajstić information content (AvgIpc) is 3.60. The Morgan fingerprint density at radius 3 is 1.20 bits per heavy atom. The topological polar surface area (TPSA) is 0 Å². The Morgan fingerprint density at radius 1 is 0.592 bits per heavy atom. The van der Waals surface area contributed by atoms with E-state index in [4.69, 9.17) is 17.0 Å². The first kappa shape index (κ1) is 42.3. The van der Waals surface area contributed by atoms with Crippen molar-refractivity contribution >= 4 is 28.2 Å². The molecular formula is C46H64Cl2Zr. The van der Waals surface area contributed by atoms with E-state index in [1.165, 1.54) is 60.8 Å². The number of fused-ring (bicyclic) bond motifs is 2. The summed E-state index contributed by atoms with van der Waals surface area (Å²) in [6.45, 7) is 18.8. The minimum absolute atomic E-state index is 0. The summed E-state index contributed by atoms with van der Waals surface area (Å²) in [5.74, 6) is 6.02. The molecule has 8 unspecified atom stereocenters. The fraction of sp³-hybridized carbons (Fsp3) is 0.522. The minimum atomic E-state index is -0.826. The van der Waals surface area contributed by atoms with Gasteiger partial charge in [0.15, 0.2) is 0 Å². The van der Waals surface area contributed by atoms with Gasteiger partial charge in [-0.25, -0.2) is 0 Å². The number of hydrogen-bond acceptors (Lipinski definition) is 0. The Morgan fingerprint density at radius 2 is 0.918 bits per heavy atom. The number of hydrogen-bond donors (Lipinski definition) is 0. The Labute approximate surface area is 321 Å². The molecule has 49 heavy (non-hydrogen) atoms. The van der Waals surface area contributed by atoms with Crippen LogP contribution in [0.4, 0.5) is 0 Å². The molecule has 4 aliphatic rings. The summed E-state index contributed by atoms with van der Waals surface area (Å²) in [6, 6.07) is 19.1. The van der Waals surface area contributed by atoms with Gasteiger partial charge in [0.05, 0.1) is 0 Å². The van der Waals surface area contributed by atoms with Crippen molar-refractivity contribution in [3.63, 3.8) is 0 Å². The van der Waals surface area contributed by atoms with E-state index < -0.39 is 20.8 Å². The molecule has 0 bridgehead atoms. The molecule has 0 N–H and O–H groups in total. The molecule has 8 atom stereocenters. The van der Waals surface area contributed by atoms with Crippen LogP contribution in [0.5, 0.6) is 0 Å². The van der Waals surface area contributed by atoms with Gasteiger partial charge in [-0.15, -0.1) is 0 Å². The van der Waals surface area contributed by atoms with Gasteiger partial charge in [-0.05, 0) is 117 Å². The summed E-state index contributed by atoms with van der Waals surface area (Å²) in [7, 11) is 9.87. The van der Waals surface area contributed by atoms with Gasteiger partial charge in [-0.1, -0.05) is 153 Å². The fourth-order valence-corrected chi connectivity index (χ4v) is 9.71. The molecule has 0 saturated heterocycles. The number of rotatable bonds is 7. The molecule has 0 amide bonds. The Balaban J connectivity index is 0.00000126. The van der Waals surface area contributed by atoms with Crippen LogP contribution in [0.3, 0.4) is 0 Å². The van der Waals surface area contributed by atoms with E-state index in [0.29, 0.717) is 23.7 Å².